The molecule has 0 aromatic carbocycles. The first kappa shape index (κ1) is 23.4. The van der Waals surface area contributed by atoms with E-state index in [1.807, 2.05) is 13.8 Å². The number of carbonyl (C=O) groups is 4. The maximum absolute atomic E-state index is 12.4. The summed E-state index contributed by atoms with van der Waals surface area (Å²) in [6.07, 6.45) is 6.18. The van der Waals surface area contributed by atoms with Gasteiger partial charge in [-0.1, -0.05) is 20.3 Å². The maximum Gasteiger partial charge on any atom is 0.253 e. The Kier molecular flexibility index (Phi) is 9.41. The van der Waals surface area contributed by atoms with Crippen LogP contribution in [0, 0.1) is 5.92 Å². The van der Waals surface area contributed by atoms with Crippen LogP contribution in [0.25, 0.3) is 0 Å². The van der Waals surface area contributed by atoms with Crippen LogP contribution in [0.3, 0.4) is 0 Å². The molecule has 1 heterocycles. The van der Waals surface area contributed by atoms with Crippen molar-refractivity contribution in [1.82, 2.24) is 15.5 Å². The Morgan fingerprint density at radius 1 is 1.07 bits per heavy atom. The molecule has 0 bridgehead atoms. The standard InChI is InChI=1S/C20H31N3O5/c1-5-15(24)14(4)21-20(28)19(13(2)3)22-16(25)9-7-6-8-12-23-17(26)10-11-18(23)27/h5,10-11,13-14,19,24H,6-9,12H2,1-4H3,(H,21,28)(H,22,25). The van der Waals surface area contributed by atoms with Gasteiger partial charge < -0.3 is 15.7 Å². The molecule has 4 amide bonds. The number of nitrogens with zero attached hydrogens (tertiary/aromatic N) is 1. The fourth-order valence-electron chi connectivity index (χ4n) is 2.79. The van der Waals surface area contributed by atoms with E-state index in [-0.39, 0.29) is 41.7 Å². The zero-order valence-corrected chi connectivity index (χ0v) is 17.0. The first-order chi connectivity index (χ1) is 13.2. The fraction of sp³-hybridized carbons (Fsp3) is 0.600. The summed E-state index contributed by atoms with van der Waals surface area (Å²) in [6, 6.07) is -1.22. The number of hydrogen-bond donors (Lipinski definition) is 3. The van der Waals surface area contributed by atoms with Crippen LogP contribution in [-0.2, 0) is 19.2 Å². The first-order valence-corrected chi connectivity index (χ1v) is 9.65. The lowest BCUT2D eigenvalue weighted by Crippen LogP contribution is -2.51. The summed E-state index contributed by atoms with van der Waals surface area (Å²) in [5, 5.41) is 15.1. The average molecular weight is 393 g/mol. The largest absolute Gasteiger partial charge is 0.510 e. The van der Waals surface area contributed by atoms with Crippen molar-refractivity contribution in [2.45, 2.75) is 65.5 Å². The van der Waals surface area contributed by atoms with Gasteiger partial charge in [0.2, 0.25) is 11.8 Å². The molecule has 0 aliphatic carbocycles. The van der Waals surface area contributed by atoms with Gasteiger partial charge in [0.25, 0.3) is 11.8 Å². The smallest absolute Gasteiger partial charge is 0.253 e. The molecule has 1 rings (SSSR count). The molecule has 1 aliphatic rings. The topological polar surface area (TPSA) is 116 Å². The quantitative estimate of drug-likeness (QED) is 0.280. The predicted molar refractivity (Wildman–Crippen MR) is 105 cm³/mol. The lowest BCUT2D eigenvalue weighted by Gasteiger charge is -2.24. The fourth-order valence-corrected chi connectivity index (χ4v) is 2.79. The number of imide groups is 1. The average Bonchev–Trinajstić information content (AvgIpc) is 2.96. The summed E-state index contributed by atoms with van der Waals surface area (Å²) in [5.74, 6) is -1.22. The molecule has 28 heavy (non-hydrogen) atoms. The van der Waals surface area contributed by atoms with Gasteiger partial charge in [0.15, 0.2) is 0 Å². The number of aliphatic hydroxyl groups is 1. The van der Waals surface area contributed by atoms with Gasteiger partial charge in [-0.15, -0.1) is 0 Å². The van der Waals surface area contributed by atoms with E-state index in [1.165, 1.54) is 23.1 Å². The van der Waals surface area contributed by atoms with E-state index in [9.17, 15) is 24.3 Å². The summed E-state index contributed by atoms with van der Waals surface area (Å²) in [4.78, 5) is 48.6. The summed E-state index contributed by atoms with van der Waals surface area (Å²) >= 11 is 0. The molecule has 0 saturated carbocycles. The van der Waals surface area contributed by atoms with Crippen LogP contribution in [-0.4, -0.2) is 52.3 Å². The Balaban J connectivity index is 2.36. The normalized spacial score (nSPS) is 16.5. The molecule has 1 aliphatic heterocycles. The highest BCUT2D eigenvalue weighted by molar-refractivity contribution is 6.12. The maximum atomic E-state index is 12.4. The molecule has 0 aromatic heterocycles. The van der Waals surface area contributed by atoms with Gasteiger partial charge in [0.05, 0.1) is 6.04 Å². The molecule has 0 aromatic rings. The summed E-state index contributed by atoms with van der Waals surface area (Å²) < 4.78 is 0. The third kappa shape index (κ3) is 7.17. The van der Waals surface area contributed by atoms with E-state index >= 15 is 0 Å². The van der Waals surface area contributed by atoms with Crippen molar-refractivity contribution in [3.05, 3.63) is 24.0 Å². The number of allylic oxidation sites excluding steroid dienone is 1. The molecule has 3 N–H and O–H groups in total. The van der Waals surface area contributed by atoms with Gasteiger partial charge in [-0.3, -0.25) is 24.1 Å². The van der Waals surface area contributed by atoms with Crippen molar-refractivity contribution in [3.8, 4) is 0 Å². The highest BCUT2D eigenvalue weighted by Crippen LogP contribution is 2.09. The second-order valence-corrected chi connectivity index (χ2v) is 7.21. The number of nitrogens with one attached hydrogen (secondary N) is 2. The number of unbranched alkanes of at least 4 members (excludes halogenated alkanes) is 2. The van der Waals surface area contributed by atoms with E-state index in [1.54, 1.807) is 13.8 Å². The van der Waals surface area contributed by atoms with Crippen LogP contribution in [0.15, 0.2) is 24.0 Å². The van der Waals surface area contributed by atoms with Crippen molar-refractivity contribution >= 4 is 23.6 Å². The number of aliphatic hydroxyl groups excluding tert-OH is 1. The van der Waals surface area contributed by atoms with Gasteiger partial charge in [0.1, 0.15) is 11.8 Å². The molecule has 156 valence electrons. The third-order valence-electron chi connectivity index (χ3n) is 4.55. The minimum atomic E-state index is -0.689. The number of amides is 4. The Morgan fingerprint density at radius 2 is 1.68 bits per heavy atom. The lowest BCUT2D eigenvalue weighted by molar-refractivity contribution is -0.137. The lowest BCUT2D eigenvalue weighted by atomic mass is 10.0. The van der Waals surface area contributed by atoms with E-state index in [0.717, 1.165) is 0 Å². The van der Waals surface area contributed by atoms with Crippen LogP contribution >= 0.6 is 0 Å². The highest BCUT2D eigenvalue weighted by atomic mass is 16.3. The molecule has 8 nitrogen and oxygen atoms in total. The highest BCUT2D eigenvalue weighted by Gasteiger charge is 2.26. The number of rotatable bonds is 11. The van der Waals surface area contributed by atoms with Crippen molar-refractivity contribution in [3.63, 3.8) is 0 Å². The molecule has 0 radical (unpaired) electrons. The van der Waals surface area contributed by atoms with E-state index in [2.05, 4.69) is 10.6 Å². The van der Waals surface area contributed by atoms with Gasteiger partial charge in [-0.25, -0.2) is 0 Å². The second-order valence-electron chi connectivity index (χ2n) is 7.21. The summed E-state index contributed by atoms with van der Waals surface area (Å²) in [6.45, 7) is 7.35. The van der Waals surface area contributed by atoms with Crippen molar-refractivity contribution in [2.75, 3.05) is 6.54 Å². The minimum absolute atomic E-state index is 0.0624. The molecule has 2 atom stereocenters. The van der Waals surface area contributed by atoms with Crippen molar-refractivity contribution < 1.29 is 24.3 Å². The summed E-state index contributed by atoms with van der Waals surface area (Å²) in [7, 11) is 0. The Hall–Kier alpha value is -2.64. The van der Waals surface area contributed by atoms with Gasteiger partial charge in [-0.05, 0) is 38.7 Å². The minimum Gasteiger partial charge on any atom is -0.510 e. The van der Waals surface area contributed by atoms with Gasteiger partial charge >= 0.3 is 0 Å². The van der Waals surface area contributed by atoms with Crippen molar-refractivity contribution in [2.24, 2.45) is 5.92 Å². The molecular weight excluding hydrogens is 362 g/mol. The number of carbonyl (C=O) groups excluding carboxylic acids is 4. The van der Waals surface area contributed by atoms with Gasteiger partial charge in [0, 0.05) is 25.1 Å². The van der Waals surface area contributed by atoms with Crippen molar-refractivity contribution in [1.29, 1.82) is 0 Å². The van der Waals surface area contributed by atoms with E-state index in [0.29, 0.717) is 25.8 Å². The number of hydrogen-bond acceptors (Lipinski definition) is 5. The molecule has 0 fully saturated rings. The Morgan fingerprint density at radius 3 is 2.21 bits per heavy atom. The first-order valence-electron chi connectivity index (χ1n) is 9.65. The van der Waals surface area contributed by atoms with Crippen LogP contribution in [0.4, 0.5) is 0 Å². The van der Waals surface area contributed by atoms with E-state index in [4.69, 9.17) is 0 Å². The molecule has 8 heteroatoms. The Bertz CT molecular complexity index is 636. The zero-order chi connectivity index (χ0) is 21.3. The molecule has 2 unspecified atom stereocenters. The zero-order valence-electron chi connectivity index (χ0n) is 17.0. The molecule has 0 spiro atoms. The third-order valence-corrected chi connectivity index (χ3v) is 4.55. The van der Waals surface area contributed by atoms with Crippen LogP contribution in [0.2, 0.25) is 0 Å². The van der Waals surface area contributed by atoms with Crippen LogP contribution in [0.1, 0.15) is 53.4 Å². The molecule has 0 saturated heterocycles. The summed E-state index contributed by atoms with van der Waals surface area (Å²) in [5.41, 5.74) is 0. The van der Waals surface area contributed by atoms with E-state index < -0.39 is 12.1 Å². The van der Waals surface area contributed by atoms with Gasteiger partial charge in [-0.2, -0.15) is 0 Å². The van der Waals surface area contributed by atoms with Crippen LogP contribution in [0.5, 0.6) is 0 Å². The second kappa shape index (κ2) is 11.3. The SMILES string of the molecule is CC=C(O)C(C)NC(=O)C(NC(=O)CCCCCN1C(=O)C=CC1=O)C(C)C. The Labute approximate surface area is 166 Å². The predicted octanol–water partition coefficient (Wildman–Crippen LogP) is 1.58. The van der Waals surface area contributed by atoms with Crippen LogP contribution < -0.4 is 10.6 Å². The molecular formula is C20H31N3O5. The monoisotopic (exact) mass is 393 g/mol.